The van der Waals surface area contributed by atoms with Crippen molar-refractivity contribution < 1.29 is 13.7 Å². The predicted molar refractivity (Wildman–Crippen MR) is 77.7 cm³/mol. The van der Waals surface area contributed by atoms with Gasteiger partial charge in [0.15, 0.2) is 11.6 Å². The third-order valence-corrected chi connectivity index (χ3v) is 3.16. The Labute approximate surface area is 121 Å². The number of benzene rings is 1. The van der Waals surface area contributed by atoms with Gasteiger partial charge in [-0.3, -0.25) is 0 Å². The van der Waals surface area contributed by atoms with Crippen LogP contribution in [0.25, 0.3) is 22.6 Å². The number of hydrogen-bond acceptors (Lipinski definition) is 6. The number of hydrogen-bond donors (Lipinski definition) is 1. The third-order valence-electron chi connectivity index (χ3n) is 3.16. The van der Waals surface area contributed by atoms with Crippen LogP contribution in [0.1, 0.15) is 24.4 Å². The zero-order chi connectivity index (χ0) is 14.8. The Morgan fingerprint density at radius 2 is 2.19 bits per heavy atom. The third kappa shape index (κ3) is 2.81. The van der Waals surface area contributed by atoms with Crippen LogP contribution in [0.5, 0.6) is 0 Å². The number of aryl methyl sites for hydroxylation is 1. The minimum Gasteiger partial charge on any atom is -0.451 e. The molecule has 3 aromatic rings. The Morgan fingerprint density at radius 3 is 3.00 bits per heavy atom. The number of fused-ring (bicyclic) bond motifs is 1. The second-order valence-electron chi connectivity index (χ2n) is 4.88. The quantitative estimate of drug-likeness (QED) is 0.776. The molecule has 0 saturated heterocycles. The molecule has 0 aliphatic heterocycles. The SMILES string of the molecule is CCOCC(N)c1noc(-c2cc3cc(C)ccc3o2)n1. The molecular formula is C15H17N3O3. The summed E-state index contributed by atoms with van der Waals surface area (Å²) in [4.78, 5) is 4.27. The maximum absolute atomic E-state index is 5.93. The van der Waals surface area contributed by atoms with Gasteiger partial charge < -0.3 is 19.4 Å². The average molecular weight is 287 g/mol. The van der Waals surface area contributed by atoms with Crippen LogP contribution in [-0.4, -0.2) is 23.4 Å². The molecule has 21 heavy (non-hydrogen) atoms. The molecule has 110 valence electrons. The van der Waals surface area contributed by atoms with Gasteiger partial charge in [-0.15, -0.1) is 0 Å². The maximum atomic E-state index is 5.93. The lowest BCUT2D eigenvalue weighted by Gasteiger charge is -2.05. The van der Waals surface area contributed by atoms with Gasteiger partial charge in [-0.2, -0.15) is 4.98 Å². The summed E-state index contributed by atoms with van der Waals surface area (Å²) in [5.74, 6) is 1.28. The van der Waals surface area contributed by atoms with Gasteiger partial charge in [-0.1, -0.05) is 16.8 Å². The molecule has 0 fully saturated rings. The molecular weight excluding hydrogens is 270 g/mol. The zero-order valence-electron chi connectivity index (χ0n) is 12.0. The summed E-state index contributed by atoms with van der Waals surface area (Å²) in [5, 5.41) is 4.89. The Morgan fingerprint density at radius 1 is 1.33 bits per heavy atom. The second kappa shape index (κ2) is 5.67. The highest BCUT2D eigenvalue weighted by atomic mass is 16.5. The van der Waals surface area contributed by atoms with Crippen molar-refractivity contribution in [3.63, 3.8) is 0 Å². The molecule has 1 atom stereocenters. The van der Waals surface area contributed by atoms with E-state index in [-0.39, 0.29) is 0 Å². The van der Waals surface area contributed by atoms with Crippen LogP contribution in [0, 0.1) is 6.92 Å². The summed E-state index contributed by atoms with van der Waals surface area (Å²) >= 11 is 0. The smallest absolute Gasteiger partial charge is 0.293 e. The van der Waals surface area contributed by atoms with Crippen molar-refractivity contribution in [2.45, 2.75) is 19.9 Å². The van der Waals surface area contributed by atoms with E-state index in [0.717, 1.165) is 11.0 Å². The van der Waals surface area contributed by atoms with Crippen LogP contribution in [0.3, 0.4) is 0 Å². The molecule has 2 N–H and O–H groups in total. The number of rotatable bonds is 5. The number of nitrogens with zero attached hydrogens (tertiary/aromatic N) is 2. The van der Waals surface area contributed by atoms with E-state index in [1.165, 1.54) is 5.56 Å². The second-order valence-corrected chi connectivity index (χ2v) is 4.88. The fourth-order valence-electron chi connectivity index (χ4n) is 2.07. The van der Waals surface area contributed by atoms with E-state index in [1.54, 1.807) is 0 Å². The summed E-state index contributed by atoms with van der Waals surface area (Å²) < 4.78 is 16.2. The molecule has 0 amide bonds. The summed E-state index contributed by atoms with van der Waals surface area (Å²) in [6.07, 6.45) is 0. The Balaban J connectivity index is 1.87. The molecule has 0 aliphatic rings. The number of aromatic nitrogens is 2. The van der Waals surface area contributed by atoms with Gasteiger partial charge in [0.2, 0.25) is 0 Å². The summed E-state index contributed by atoms with van der Waals surface area (Å²) in [7, 11) is 0. The molecule has 2 aromatic heterocycles. The largest absolute Gasteiger partial charge is 0.451 e. The molecule has 0 spiro atoms. The highest BCUT2D eigenvalue weighted by Gasteiger charge is 2.18. The van der Waals surface area contributed by atoms with E-state index in [2.05, 4.69) is 10.1 Å². The molecule has 2 heterocycles. The van der Waals surface area contributed by atoms with Gasteiger partial charge in [0.05, 0.1) is 12.6 Å². The van der Waals surface area contributed by atoms with Gasteiger partial charge in [0.25, 0.3) is 5.89 Å². The number of nitrogens with two attached hydrogens (primary N) is 1. The van der Waals surface area contributed by atoms with Gasteiger partial charge in [-0.25, -0.2) is 0 Å². The van der Waals surface area contributed by atoms with Crippen LogP contribution >= 0.6 is 0 Å². The molecule has 3 rings (SSSR count). The van der Waals surface area contributed by atoms with Crippen LogP contribution < -0.4 is 5.73 Å². The van der Waals surface area contributed by atoms with Crippen molar-refractivity contribution in [3.05, 3.63) is 35.7 Å². The Kier molecular flexibility index (Phi) is 3.72. The predicted octanol–water partition coefficient (Wildman–Crippen LogP) is 2.83. The van der Waals surface area contributed by atoms with Crippen LogP contribution in [0.15, 0.2) is 33.2 Å². The molecule has 6 nitrogen and oxygen atoms in total. The molecule has 1 aromatic carbocycles. The summed E-state index contributed by atoms with van der Waals surface area (Å²) in [5.41, 5.74) is 7.88. The lowest BCUT2D eigenvalue weighted by Crippen LogP contribution is -2.18. The average Bonchev–Trinajstić information content (AvgIpc) is 3.10. The first kappa shape index (κ1) is 13.8. The van der Waals surface area contributed by atoms with Crippen molar-refractivity contribution >= 4 is 11.0 Å². The fourth-order valence-corrected chi connectivity index (χ4v) is 2.07. The van der Waals surface area contributed by atoms with Gasteiger partial charge >= 0.3 is 0 Å². The minimum atomic E-state index is -0.408. The van der Waals surface area contributed by atoms with E-state index < -0.39 is 6.04 Å². The topological polar surface area (TPSA) is 87.3 Å². The van der Waals surface area contributed by atoms with Crippen LogP contribution in [-0.2, 0) is 4.74 Å². The van der Waals surface area contributed by atoms with E-state index in [4.69, 9.17) is 19.4 Å². The first-order valence-corrected chi connectivity index (χ1v) is 6.85. The van der Waals surface area contributed by atoms with E-state index in [1.807, 2.05) is 38.1 Å². The van der Waals surface area contributed by atoms with E-state index in [9.17, 15) is 0 Å². The van der Waals surface area contributed by atoms with Crippen LogP contribution in [0.4, 0.5) is 0 Å². The normalized spacial score (nSPS) is 12.9. The number of furan rings is 1. The van der Waals surface area contributed by atoms with E-state index in [0.29, 0.717) is 30.7 Å². The minimum absolute atomic E-state index is 0.325. The monoisotopic (exact) mass is 287 g/mol. The molecule has 6 heteroatoms. The lowest BCUT2D eigenvalue weighted by atomic mass is 10.2. The van der Waals surface area contributed by atoms with Crippen molar-refractivity contribution in [2.24, 2.45) is 5.73 Å². The zero-order valence-corrected chi connectivity index (χ0v) is 12.0. The molecule has 0 aliphatic carbocycles. The van der Waals surface area contributed by atoms with Crippen molar-refractivity contribution in [2.75, 3.05) is 13.2 Å². The van der Waals surface area contributed by atoms with Crippen molar-refractivity contribution in [3.8, 4) is 11.7 Å². The Bertz CT molecular complexity index is 748. The Hall–Kier alpha value is -2.18. The fraction of sp³-hybridized carbons (Fsp3) is 0.333. The number of ether oxygens (including phenoxy) is 1. The maximum Gasteiger partial charge on any atom is 0.293 e. The highest BCUT2D eigenvalue weighted by Crippen LogP contribution is 2.27. The van der Waals surface area contributed by atoms with E-state index >= 15 is 0 Å². The molecule has 1 unspecified atom stereocenters. The van der Waals surface area contributed by atoms with Gasteiger partial charge in [0.1, 0.15) is 5.58 Å². The van der Waals surface area contributed by atoms with Crippen molar-refractivity contribution in [1.82, 2.24) is 10.1 Å². The molecule has 0 saturated carbocycles. The van der Waals surface area contributed by atoms with Gasteiger partial charge in [0, 0.05) is 12.0 Å². The standard InChI is InChI=1S/C15H17N3O3/c1-3-19-8-11(16)14-17-15(21-18-14)13-7-10-6-9(2)4-5-12(10)20-13/h4-7,11H,3,8,16H2,1-2H3. The molecule has 0 radical (unpaired) electrons. The highest BCUT2D eigenvalue weighted by molar-refractivity contribution is 5.82. The summed E-state index contributed by atoms with van der Waals surface area (Å²) in [6, 6.07) is 7.43. The van der Waals surface area contributed by atoms with Gasteiger partial charge in [-0.05, 0) is 32.0 Å². The first-order chi connectivity index (χ1) is 10.2. The van der Waals surface area contributed by atoms with Crippen LogP contribution in [0.2, 0.25) is 0 Å². The lowest BCUT2D eigenvalue weighted by molar-refractivity contribution is 0.130. The van der Waals surface area contributed by atoms with Crippen molar-refractivity contribution in [1.29, 1.82) is 0 Å². The molecule has 0 bridgehead atoms. The first-order valence-electron chi connectivity index (χ1n) is 6.85. The summed E-state index contributed by atoms with van der Waals surface area (Å²) in [6.45, 7) is 4.89.